The molecule has 0 amide bonds. The predicted molar refractivity (Wildman–Crippen MR) is 98.0 cm³/mol. The summed E-state index contributed by atoms with van der Waals surface area (Å²) in [6, 6.07) is 14.6. The molecule has 0 atom stereocenters. The first-order chi connectivity index (χ1) is 10.7. The van der Waals surface area contributed by atoms with Crippen LogP contribution in [0, 0.1) is 5.82 Å². The summed E-state index contributed by atoms with van der Waals surface area (Å²) in [5.74, 6) is 0.694. The number of rotatable bonds is 5. The summed E-state index contributed by atoms with van der Waals surface area (Å²) in [4.78, 5) is 0. The lowest BCUT2D eigenvalue weighted by atomic mass is 10.2. The normalized spacial score (nSPS) is 12.1. The van der Waals surface area contributed by atoms with E-state index in [4.69, 9.17) is 4.43 Å². The lowest BCUT2D eigenvalue weighted by molar-refractivity contribution is 0.492. The predicted octanol–water partition coefficient (Wildman–Crippen LogP) is 5.82. The third-order valence-electron chi connectivity index (χ3n) is 4.42. The Bertz CT molecular complexity index is 647. The van der Waals surface area contributed by atoms with Crippen molar-refractivity contribution in [2.24, 2.45) is 0 Å². The van der Waals surface area contributed by atoms with Crippen LogP contribution in [-0.4, -0.2) is 8.32 Å². The van der Waals surface area contributed by atoms with Gasteiger partial charge in [0.05, 0.1) is 0 Å². The highest BCUT2D eigenvalue weighted by Crippen LogP contribution is 2.37. The molecule has 0 spiro atoms. The van der Waals surface area contributed by atoms with Gasteiger partial charge in [0.1, 0.15) is 11.6 Å². The van der Waals surface area contributed by atoms with E-state index in [0.717, 1.165) is 17.0 Å². The van der Waals surface area contributed by atoms with E-state index in [1.807, 2.05) is 24.3 Å². The minimum Gasteiger partial charge on any atom is -0.543 e. The zero-order valence-electron chi connectivity index (χ0n) is 14.6. The average molecular weight is 332 g/mol. The highest BCUT2D eigenvalue weighted by molar-refractivity contribution is 6.74. The van der Waals surface area contributed by atoms with Crippen molar-refractivity contribution in [1.82, 2.24) is 0 Å². The van der Waals surface area contributed by atoms with Crippen LogP contribution in [0.3, 0.4) is 0 Å². The van der Waals surface area contributed by atoms with Crippen LogP contribution in [0.25, 0.3) is 0 Å². The molecule has 1 N–H and O–H groups in total. The second kappa shape index (κ2) is 6.75. The van der Waals surface area contributed by atoms with Crippen molar-refractivity contribution in [3.63, 3.8) is 0 Å². The molecule has 0 fully saturated rings. The molecule has 0 aromatic heterocycles. The third-order valence-corrected chi connectivity index (χ3v) is 8.78. The number of hydrogen-bond acceptors (Lipinski definition) is 2. The molecule has 0 unspecified atom stereocenters. The summed E-state index contributed by atoms with van der Waals surface area (Å²) in [6.07, 6.45) is 0. The van der Waals surface area contributed by atoms with Crippen LogP contribution in [0.5, 0.6) is 5.75 Å². The van der Waals surface area contributed by atoms with E-state index in [-0.39, 0.29) is 10.9 Å². The Morgan fingerprint density at radius 2 is 1.70 bits per heavy atom. The van der Waals surface area contributed by atoms with E-state index in [1.165, 1.54) is 12.1 Å². The maximum absolute atomic E-state index is 12.9. The third kappa shape index (κ3) is 4.83. The molecule has 0 radical (unpaired) electrons. The minimum absolute atomic E-state index is 0.171. The van der Waals surface area contributed by atoms with E-state index < -0.39 is 8.32 Å². The number of halogens is 1. The highest BCUT2D eigenvalue weighted by atomic mass is 28.4. The molecular weight excluding hydrogens is 305 g/mol. The maximum Gasteiger partial charge on any atom is 0.250 e. The fourth-order valence-electron chi connectivity index (χ4n) is 1.92. The molecule has 0 heterocycles. The molecule has 23 heavy (non-hydrogen) atoms. The quantitative estimate of drug-likeness (QED) is 0.697. The van der Waals surface area contributed by atoms with Crippen LogP contribution in [0.15, 0.2) is 48.5 Å². The van der Waals surface area contributed by atoms with Crippen molar-refractivity contribution in [3.8, 4) is 5.75 Å². The molecule has 2 aromatic carbocycles. The van der Waals surface area contributed by atoms with Gasteiger partial charge in [-0.05, 0) is 48.0 Å². The summed E-state index contributed by atoms with van der Waals surface area (Å²) in [6.45, 7) is 11.8. The Kier molecular flexibility index (Phi) is 5.15. The van der Waals surface area contributed by atoms with Gasteiger partial charge in [0.25, 0.3) is 0 Å². The number of anilines is 1. The summed E-state index contributed by atoms with van der Waals surface area (Å²) < 4.78 is 19.2. The number of benzene rings is 2. The summed E-state index contributed by atoms with van der Waals surface area (Å²) in [5, 5.41) is 3.53. The van der Waals surface area contributed by atoms with Crippen LogP contribution in [0.2, 0.25) is 18.1 Å². The van der Waals surface area contributed by atoms with Gasteiger partial charge >= 0.3 is 0 Å². The minimum atomic E-state index is -1.83. The second-order valence-corrected chi connectivity index (χ2v) is 12.1. The summed E-state index contributed by atoms with van der Waals surface area (Å²) >= 11 is 0. The molecule has 2 nitrogen and oxygen atoms in total. The monoisotopic (exact) mass is 331 g/mol. The van der Waals surface area contributed by atoms with Gasteiger partial charge in [-0.15, -0.1) is 0 Å². The summed E-state index contributed by atoms with van der Waals surface area (Å²) in [7, 11) is -1.83. The highest BCUT2D eigenvalue weighted by Gasteiger charge is 2.38. The molecule has 2 aromatic rings. The molecule has 2 rings (SSSR count). The van der Waals surface area contributed by atoms with Gasteiger partial charge in [0, 0.05) is 18.3 Å². The average Bonchev–Trinajstić information content (AvgIpc) is 2.45. The van der Waals surface area contributed by atoms with Gasteiger partial charge in [0.15, 0.2) is 0 Å². The first kappa shape index (κ1) is 17.5. The van der Waals surface area contributed by atoms with Crippen LogP contribution in [0.1, 0.15) is 26.3 Å². The Balaban J connectivity index is 2.04. The smallest absolute Gasteiger partial charge is 0.250 e. The van der Waals surface area contributed by atoms with Crippen LogP contribution >= 0.6 is 0 Å². The van der Waals surface area contributed by atoms with E-state index in [1.54, 1.807) is 12.1 Å². The van der Waals surface area contributed by atoms with E-state index in [2.05, 4.69) is 39.2 Å². The van der Waals surface area contributed by atoms with Crippen LogP contribution < -0.4 is 9.74 Å². The first-order valence-electron chi connectivity index (χ1n) is 7.95. The zero-order valence-corrected chi connectivity index (χ0v) is 15.6. The van der Waals surface area contributed by atoms with Crippen LogP contribution in [0.4, 0.5) is 10.1 Å². The van der Waals surface area contributed by atoms with Gasteiger partial charge < -0.3 is 9.74 Å². The van der Waals surface area contributed by atoms with Crippen molar-refractivity contribution in [1.29, 1.82) is 0 Å². The Hall–Kier alpha value is -1.81. The molecular formula is C19H26FNOSi. The fourth-order valence-corrected chi connectivity index (χ4v) is 2.95. The van der Waals surface area contributed by atoms with Crippen molar-refractivity contribution in [2.45, 2.75) is 45.4 Å². The lowest BCUT2D eigenvalue weighted by Gasteiger charge is -2.36. The van der Waals surface area contributed by atoms with Gasteiger partial charge in [-0.25, -0.2) is 4.39 Å². The Morgan fingerprint density at radius 3 is 2.30 bits per heavy atom. The van der Waals surface area contributed by atoms with E-state index >= 15 is 0 Å². The second-order valence-electron chi connectivity index (χ2n) is 7.37. The van der Waals surface area contributed by atoms with Gasteiger partial charge in [-0.3, -0.25) is 0 Å². The zero-order chi connectivity index (χ0) is 17.1. The van der Waals surface area contributed by atoms with Crippen LogP contribution in [-0.2, 0) is 6.54 Å². The molecule has 0 aliphatic rings. The standard InChI is InChI=1S/C19H26FNOSi/c1-19(2,3)23(4,5)22-18-8-6-7-17(13-18)21-14-15-9-11-16(20)12-10-15/h6-13,21H,14H2,1-5H3. The van der Waals surface area contributed by atoms with Gasteiger partial charge in [-0.1, -0.05) is 39.0 Å². The SMILES string of the molecule is CC(C)(C)[Si](C)(C)Oc1cccc(NCc2ccc(F)cc2)c1. The summed E-state index contributed by atoms with van der Waals surface area (Å²) in [5.41, 5.74) is 2.05. The largest absolute Gasteiger partial charge is 0.543 e. The van der Waals surface area contributed by atoms with Crippen molar-refractivity contribution in [3.05, 3.63) is 59.9 Å². The molecule has 0 aliphatic carbocycles. The van der Waals surface area contributed by atoms with Gasteiger partial charge in [0.2, 0.25) is 8.32 Å². The first-order valence-corrected chi connectivity index (χ1v) is 10.9. The van der Waals surface area contributed by atoms with Crippen molar-refractivity contribution < 1.29 is 8.82 Å². The molecule has 0 bridgehead atoms. The van der Waals surface area contributed by atoms with Gasteiger partial charge in [-0.2, -0.15) is 0 Å². The van der Waals surface area contributed by atoms with E-state index in [9.17, 15) is 4.39 Å². The number of hydrogen-bond donors (Lipinski definition) is 1. The Morgan fingerprint density at radius 1 is 1.04 bits per heavy atom. The van der Waals surface area contributed by atoms with Crippen molar-refractivity contribution in [2.75, 3.05) is 5.32 Å². The number of nitrogens with one attached hydrogen (secondary N) is 1. The van der Waals surface area contributed by atoms with Crippen molar-refractivity contribution >= 4 is 14.0 Å². The molecule has 0 aliphatic heterocycles. The molecule has 0 saturated carbocycles. The fraction of sp³-hybridized carbons (Fsp3) is 0.368. The molecule has 4 heteroatoms. The molecule has 0 saturated heterocycles. The maximum atomic E-state index is 12.9. The Labute approximate surface area is 139 Å². The lowest BCUT2D eigenvalue weighted by Crippen LogP contribution is -2.43. The molecule has 124 valence electrons. The van der Waals surface area contributed by atoms with E-state index in [0.29, 0.717) is 6.54 Å². The topological polar surface area (TPSA) is 21.3 Å².